The number of nitrogens with one attached hydrogen (secondary N) is 1. The van der Waals surface area contributed by atoms with Gasteiger partial charge in [-0.2, -0.15) is 0 Å². The molecule has 0 fully saturated rings. The van der Waals surface area contributed by atoms with Gasteiger partial charge in [-0.3, -0.25) is 0 Å². The Kier molecular flexibility index (Phi) is 3.61. The average molecular weight is 287 g/mol. The number of alkyl halides is 3. The van der Waals surface area contributed by atoms with Crippen LogP contribution in [0.15, 0.2) is 24.0 Å². The van der Waals surface area contributed by atoms with E-state index >= 15 is 0 Å². The zero-order valence-corrected chi connectivity index (χ0v) is 10.5. The van der Waals surface area contributed by atoms with Gasteiger partial charge in [0.25, 0.3) is 0 Å². The molecule has 1 aliphatic rings. The zero-order chi connectivity index (χ0) is 14.9. The molecule has 0 radical (unpaired) electrons. The summed E-state index contributed by atoms with van der Waals surface area (Å²) in [5.41, 5.74) is 0.938. The second-order valence-electron chi connectivity index (χ2n) is 4.31. The number of hydrogen-bond acceptors (Lipinski definition) is 3. The van der Waals surface area contributed by atoms with Gasteiger partial charge in [-0.05, 0) is 30.7 Å². The highest BCUT2D eigenvalue weighted by Gasteiger charge is 2.35. The van der Waals surface area contributed by atoms with Crippen molar-refractivity contribution in [2.45, 2.75) is 25.7 Å². The van der Waals surface area contributed by atoms with Crippen molar-refractivity contribution in [3.63, 3.8) is 0 Å². The molecular formula is C13H12F3NO3. The molecule has 0 amide bonds. The quantitative estimate of drug-likeness (QED) is 0.893. The number of benzene rings is 1. The summed E-state index contributed by atoms with van der Waals surface area (Å²) >= 11 is 0. The molecule has 7 heteroatoms. The van der Waals surface area contributed by atoms with Gasteiger partial charge in [0.2, 0.25) is 0 Å². The molecule has 0 spiro atoms. The smallest absolute Gasteiger partial charge is 0.478 e. The summed E-state index contributed by atoms with van der Waals surface area (Å²) in [6, 6.07) is 3.63. The van der Waals surface area contributed by atoms with Crippen molar-refractivity contribution in [2.75, 3.05) is 5.32 Å². The number of aromatic carboxylic acids is 1. The number of ether oxygens (including phenoxy) is 1. The number of carboxylic acids is 1. The number of carboxylic acid groups (broad SMARTS) is 1. The van der Waals surface area contributed by atoms with Crippen LogP contribution in [0.3, 0.4) is 0 Å². The second-order valence-corrected chi connectivity index (χ2v) is 4.31. The summed E-state index contributed by atoms with van der Waals surface area (Å²) in [5, 5.41) is 11.8. The van der Waals surface area contributed by atoms with Crippen molar-refractivity contribution in [1.82, 2.24) is 0 Å². The van der Waals surface area contributed by atoms with E-state index in [-0.39, 0.29) is 11.3 Å². The third-order valence-electron chi connectivity index (χ3n) is 2.91. The van der Waals surface area contributed by atoms with E-state index in [1.54, 1.807) is 6.92 Å². The Balaban J connectivity index is 2.40. The Morgan fingerprint density at radius 3 is 2.70 bits per heavy atom. The monoisotopic (exact) mass is 287 g/mol. The van der Waals surface area contributed by atoms with Crippen LogP contribution in [0.2, 0.25) is 0 Å². The van der Waals surface area contributed by atoms with E-state index in [1.807, 2.05) is 0 Å². The lowest BCUT2D eigenvalue weighted by molar-refractivity contribution is -0.306. The molecule has 2 rings (SSSR count). The lowest BCUT2D eigenvalue weighted by Gasteiger charge is -2.27. The van der Waals surface area contributed by atoms with E-state index in [9.17, 15) is 18.0 Å². The SMILES string of the molecule is CCC1Nc2ccc(C(=O)O)cc2C=C1OC(F)(F)F. The van der Waals surface area contributed by atoms with Gasteiger partial charge < -0.3 is 15.2 Å². The molecule has 0 aliphatic carbocycles. The lowest BCUT2D eigenvalue weighted by Crippen LogP contribution is -2.29. The van der Waals surface area contributed by atoms with Crippen LogP contribution in [0.5, 0.6) is 0 Å². The van der Waals surface area contributed by atoms with Gasteiger partial charge in [-0.25, -0.2) is 4.79 Å². The van der Waals surface area contributed by atoms with Crippen molar-refractivity contribution in [2.24, 2.45) is 0 Å². The van der Waals surface area contributed by atoms with Crippen molar-refractivity contribution in [3.05, 3.63) is 35.1 Å². The van der Waals surface area contributed by atoms with Crippen molar-refractivity contribution < 1.29 is 27.8 Å². The maximum absolute atomic E-state index is 12.3. The first-order valence-electron chi connectivity index (χ1n) is 5.91. The molecule has 0 saturated carbocycles. The van der Waals surface area contributed by atoms with E-state index in [2.05, 4.69) is 10.1 Å². The summed E-state index contributed by atoms with van der Waals surface area (Å²) in [4.78, 5) is 10.9. The molecule has 1 unspecified atom stereocenters. The van der Waals surface area contributed by atoms with Crippen LogP contribution in [-0.4, -0.2) is 23.5 Å². The van der Waals surface area contributed by atoms with Crippen molar-refractivity contribution >= 4 is 17.7 Å². The number of anilines is 1. The number of carbonyl (C=O) groups is 1. The van der Waals surface area contributed by atoms with Crippen molar-refractivity contribution in [1.29, 1.82) is 0 Å². The molecular weight excluding hydrogens is 275 g/mol. The molecule has 1 aliphatic heterocycles. The summed E-state index contributed by atoms with van der Waals surface area (Å²) in [6.45, 7) is 1.72. The Bertz CT molecular complexity index is 566. The predicted molar refractivity (Wildman–Crippen MR) is 66.2 cm³/mol. The Labute approximate surface area is 112 Å². The summed E-state index contributed by atoms with van der Waals surface area (Å²) < 4.78 is 41.0. The van der Waals surface area contributed by atoms with E-state index in [1.165, 1.54) is 24.3 Å². The van der Waals surface area contributed by atoms with Gasteiger partial charge in [-0.1, -0.05) is 6.92 Å². The second kappa shape index (κ2) is 5.07. The van der Waals surface area contributed by atoms with Gasteiger partial charge in [0, 0.05) is 11.3 Å². The first-order chi connectivity index (χ1) is 9.30. The highest BCUT2D eigenvalue weighted by molar-refractivity contribution is 5.90. The topological polar surface area (TPSA) is 58.6 Å². The van der Waals surface area contributed by atoms with E-state index < -0.39 is 18.4 Å². The van der Waals surface area contributed by atoms with Crippen LogP contribution >= 0.6 is 0 Å². The third-order valence-corrected chi connectivity index (χ3v) is 2.91. The molecule has 1 aromatic carbocycles. The predicted octanol–water partition coefficient (Wildman–Crippen LogP) is 3.47. The molecule has 1 atom stereocenters. The molecule has 1 aromatic rings. The van der Waals surface area contributed by atoms with Crippen LogP contribution in [0.4, 0.5) is 18.9 Å². The first-order valence-corrected chi connectivity index (χ1v) is 5.91. The molecule has 1 heterocycles. The number of halogens is 3. The largest absolute Gasteiger partial charge is 0.572 e. The van der Waals surface area contributed by atoms with Crippen LogP contribution in [-0.2, 0) is 4.74 Å². The van der Waals surface area contributed by atoms with Gasteiger partial charge in [0.05, 0.1) is 11.6 Å². The average Bonchev–Trinajstić information content (AvgIpc) is 2.35. The van der Waals surface area contributed by atoms with E-state index in [0.29, 0.717) is 17.7 Å². The summed E-state index contributed by atoms with van der Waals surface area (Å²) in [5.74, 6) is -1.41. The zero-order valence-electron chi connectivity index (χ0n) is 10.5. The number of rotatable bonds is 3. The number of fused-ring (bicyclic) bond motifs is 1. The van der Waals surface area contributed by atoms with Crippen molar-refractivity contribution in [3.8, 4) is 0 Å². The minimum atomic E-state index is -4.77. The Morgan fingerprint density at radius 1 is 1.45 bits per heavy atom. The van der Waals surface area contributed by atoms with E-state index in [0.717, 1.165) is 0 Å². The highest BCUT2D eigenvalue weighted by atomic mass is 19.4. The molecule has 2 N–H and O–H groups in total. The summed E-state index contributed by atoms with van der Waals surface area (Å²) in [7, 11) is 0. The molecule has 108 valence electrons. The van der Waals surface area contributed by atoms with Gasteiger partial charge >= 0.3 is 12.3 Å². The summed E-state index contributed by atoms with van der Waals surface area (Å²) in [6.07, 6.45) is -3.15. The normalized spacial score (nSPS) is 17.8. The first kappa shape index (κ1) is 14.2. The molecule has 0 bridgehead atoms. The maximum atomic E-state index is 12.3. The molecule has 0 aromatic heterocycles. The van der Waals surface area contributed by atoms with Gasteiger partial charge in [-0.15, -0.1) is 13.2 Å². The van der Waals surface area contributed by atoms with Crippen LogP contribution in [0, 0.1) is 0 Å². The Hall–Kier alpha value is -2.18. The minimum absolute atomic E-state index is 0.00288. The molecule has 20 heavy (non-hydrogen) atoms. The van der Waals surface area contributed by atoms with Gasteiger partial charge in [0.15, 0.2) is 0 Å². The molecule has 4 nitrogen and oxygen atoms in total. The fourth-order valence-corrected chi connectivity index (χ4v) is 2.00. The third kappa shape index (κ3) is 3.04. The lowest BCUT2D eigenvalue weighted by atomic mass is 10.00. The molecule has 0 saturated heterocycles. The maximum Gasteiger partial charge on any atom is 0.572 e. The van der Waals surface area contributed by atoms with Crippen LogP contribution in [0.25, 0.3) is 6.08 Å². The fraction of sp³-hybridized carbons (Fsp3) is 0.308. The Morgan fingerprint density at radius 2 is 2.15 bits per heavy atom. The number of hydrogen-bond donors (Lipinski definition) is 2. The fourth-order valence-electron chi connectivity index (χ4n) is 2.00. The minimum Gasteiger partial charge on any atom is -0.478 e. The standard InChI is InChI=1S/C13H12F3NO3/c1-2-9-11(20-13(14,15)16)6-8-5-7(12(18)19)3-4-10(8)17-9/h3-6,9,17H,2H2,1H3,(H,18,19). The van der Waals surface area contributed by atoms with Gasteiger partial charge in [0.1, 0.15) is 5.76 Å². The van der Waals surface area contributed by atoms with Crippen LogP contribution in [0.1, 0.15) is 29.3 Å². The van der Waals surface area contributed by atoms with E-state index in [4.69, 9.17) is 5.11 Å². The highest BCUT2D eigenvalue weighted by Crippen LogP contribution is 2.33. The van der Waals surface area contributed by atoms with Crippen LogP contribution < -0.4 is 5.32 Å².